The molecule has 0 fully saturated rings. The van der Waals surface area contributed by atoms with Gasteiger partial charge in [-0.15, -0.1) is 0 Å². The van der Waals surface area contributed by atoms with Crippen LogP contribution in [0.2, 0.25) is 0 Å². The predicted octanol–water partition coefficient (Wildman–Crippen LogP) is 0.710. The molecule has 0 saturated carbocycles. The fourth-order valence-electron chi connectivity index (χ4n) is 1.24. The molecular formula is C10H9F6O7S-. The first-order valence-electron chi connectivity index (χ1n) is 5.57. The minimum Gasteiger partial charge on any atom is -0.748 e. The number of alkyl halides is 6. The molecule has 0 unspecified atom stereocenters. The Kier molecular flexibility index (Phi) is 6.96. The molecule has 24 heavy (non-hydrogen) atoms. The van der Waals surface area contributed by atoms with Crippen LogP contribution in [0.1, 0.15) is 0 Å². The van der Waals surface area contributed by atoms with Gasteiger partial charge in [0.25, 0.3) is 0 Å². The monoisotopic (exact) mass is 387 g/mol. The second kappa shape index (κ2) is 7.48. The Balaban J connectivity index is 5.52. The molecule has 0 aliphatic rings. The molecular weight excluding hydrogens is 378 g/mol. The van der Waals surface area contributed by atoms with Gasteiger partial charge in [-0.3, -0.25) is 4.79 Å². The molecule has 0 atom stereocenters. The zero-order chi connectivity index (χ0) is 19.4. The third-order valence-electron chi connectivity index (χ3n) is 2.28. The van der Waals surface area contributed by atoms with Crippen molar-refractivity contribution in [2.45, 2.75) is 18.0 Å². The first-order valence-corrected chi connectivity index (χ1v) is 7.15. The highest BCUT2D eigenvalue weighted by Gasteiger charge is 2.75. The maximum atomic E-state index is 12.8. The molecule has 0 rings (SSSR count). The van der Waals surface area contributed by atoms with Gasteiger partial charge in [-0.05, 0) is 6.08 Å². The van der Waals surface area contributed by atoms with Crippen molar-refractivity contribution in [2.24, 2.45) is 0 Å². The van der Waals surface area contributed by atoms with Crippen molar-refractivity contribution in [3.63, 3.8) is 0 Å². The summed E-state index contributed by atoms with van der Waals surface area (Å²) >= 11 is 0. The highest BCUT2D eigenvalue weighted by Crippen LogP contribution is 2.46. The molecule has 14 heteroatoms. The standard InChI is InChI=1S/C10H10F6O7S/c1-2-6(17)3-22-4-7(18)23-8(9(11,12)13,10(14,15)16)5-24(19,20)21/h2H,1,3-5H2,(H,19,20,21)/p-1. The lowest BCUT2D eigenvalue weighted by Gasteiger charge is -2.36. The summed E-state index contributed by atoms with van der Waals surface area (Å²) in [5, 5.41) is 0. The number of rotatable bonds is 8. The van der Waals surface area contributed by atoms with Gasteiger partial charge in [-0.25, -0.2) is 13.2 Å². The first-order chi connectivity index (χ1) is 10.6. The van der Waals surface area contributed by atoms with E-state index in [0.717, 1.165) is 0 Å². The summed E-state index contributed by atoms with van der Waals surface area (Å²) in [6, 6.07) is 0. The molecule has 0 heterocycles. The average Bonchev–Trinajstić information content (AvgIpc) is 2.33. The van der Waals surface area contributed by atoms with Gasteiger partial charge in [-0.2, -0.15) is 26.3 Å². The smallest absolute Gasteiger partial charge is 0.438 e. The molecule has 0 radical (unpaired) electrons. The number of ketones is 1. The van der Waals surface area contributed by atoms with Crippen molar-refractivity contribution in [1.82, 2.24) is 0 Å². The predicted molar refractivity (Wildman–Crippen MR) is 61.5 cm³/mol. The molecule has 7 nitrogen and oxygen atoms in total. The van der Waals surface area contributed by atoms with E-state index < -0.39 is 58.8 Å². The Morgan fingerprint density at radius 2 is 1.50 bits per heavy atom. The quantitative estimate of drug-likeness (QED) is 0.261. The van der Waals surface area contributed by atoms with Crippen molar-refractivity contribution in [2.75, 3.05) is 19.0 Å². The summed E-state index contributed by atoms with van der Waals surface area (Å²) in [5.41, 5.74) is -5.57. The summed E-state index contributed by atoms with van der Waals surface area (Å²) in [4.78, 5) is 21.8. The molecule has 0 aliphatic heterocycles. The molecule has 0 aromatic carbocycles. The van der Waals surface area contributed by atoms with Crippen LogP contribution in [0.5, 0.6) is 0 Å². The van der Waals surface area contributed by atoms with E-state index >= 15 is 0 Å². The van der Waals surface area contributed by atoms with E-state index in [-0.39, 0.29) is 0 Å². The topological polar surface area (TPSA) is 110 Å². The lowest BCUT2D eigenvalue weighted by atomic mass is 10.1. The Bertz CT molecular complexity index is 578. The van der Waals surface area contributed by atoms with Crippen molar-refractivity contribution in [3.05, 3.63) is 12.7 Å². The fraction of sp³-hybridized carbons (Fsp3) is 0.600. The van der Waals surface area contributed by atoms with Gasteiger partial charge in [0.1, 0.15) is 13.2 Å². The molecule has 0 aromatic rings. The van der Waals surface area contributed by atoms with E-state index in [2.05, 4.69) is 16.1 Å². The summed E-state index contributed by atoms with van der Waals surface area (Å²) in [7, 11) is -6.11. The first kappa shape index (κ1) is 22.3. The van der Waals surface area contributed by atoms with E-state index in [1.54, 1.807) is 0 Å². The minimum absolute atomic E-state index is 0.699. The van der Waals surface area contributed by atoms with E-state index in [4.69, 9.17) is 0 Å². The van der Waals surface area contributed by atoms with Gasteiger partial charge in [0.2, 0.25) is 0 Å². The molecule has 0 bridgehead atoms. The van der Waals surface area contributed by atoms with Crippen molar-refractivity contribution >= 4 is 21.9 Å². The van der Waals surface area contributed by atoms with Gasteiger partial charge in [0, 0.05) is 0 Å². The van der Waals surface area contributed by atoms with Gasteiger partial charge < -0.3 is 14.0 Å². The van der Waals surface area contributed by atoms with Crippen LogP contribution in [-0.4, -0.2) is 61.6 Å². The third-order valence-corrected chi connectivity index (χ3v) is 3.04. The van der Waals surface area contributed by atoms with Gasteiger partial charge in [0.15, 0.2) is 5.78 Å². The molecule has 0 aromatic heterocycles. The third kappa shape index (κ3) is 6.09. The molecule has 0 amide bonds. The van der Waals surface area contributed by atoms with Crippen LogP contribution in [0, 0.1) is 0 Å². The van der Waals surface area contributed by atoms with Crippen LogP contribution in [0.25, 0.3) is 0 Å². The van der Waals surface area contributed by atoms with Crippen molar-refractivity contribution in [1.29, 1.82) is 0 Å². The van der Waals surface area contributed by atoms with Crippen LogP contribution in [0.15, 0.2) is 12.7 Å². The molecule has 0 N–H and O–H groups in total. The highest BCUT2D eigenvalue weighted by molar-refractivity contribution is 7.85. The average molecular weight is 387 g/mol. The van der Waals surface area contributed by atoms with E-state index in [1.807, 2.05) is 0 Å². The number of carbonyl (C=O) groups excluding carboxylic acids is 2. The van der Waals surface area contributed by atoms with Gasteiger partial charge >= 0.3 is 23.9 Å². The lowest BCUT2D eigenvalue weighted by Crippen LogP contribution is -2.63. The van der Waals surface area contributed by atoms with E-state index in [9.17, 15) is 48.9 Å². The van der Waals surface area contributed by atoms with Gasteiger partial charge in [-0.1, -0.05) is 6.58 Å². The number of halogens is 6. The van der Waals surface area contributed by atoms with Crippen LogP contribution in [0.3, 0.4) is 0 Å². The summed E-state index contributed by atoms with van der Waals surface area (Å²) in [6.45, 7) is 0.543. The Morgan fingerprint density at radius 1 is 1.04 bits per heavy atom. The van der Waals surface area contributed by atoms with E-state index in [1.165, 1.54) is 0 Å². The second-order valence-electron chi connectivity index (χ2n) is 4.16. The highest BCUT2D eigenvalue weighted by atomic mass is 32.2. The second-order valence-corrected chi connectivity index (χ2v) is 5.57. The normalized spacial score (nSPS) is 13.5. The molecule has 140 valence electrons. The van der Waals surface area contributed by atoms with Gasteiger partial charge in [0.05, 0.1) is 15.9 Å². The fourth-order valence-corrected chi connectivity index (χ4v) is 2.12. The number of hydrogen-bond acceptors (Lipinski definition) is 7. The summed E-state index contributed by atoms with van der Waals surface area (Å²) < 4.78 is 115. The van der Waals surface area contributed by atoms with Crippen LogP contribution >= 0.6 is 0 Å². The van der Waals surface area contributed by atoms with E-state index in [0.29, 0.717) is 6.08 Å². The number of carbonyl (C=O) groups is 2. The Hall–Kier alpha value is -1.67. The zero-order valence-electron chi connectivity index (χ0n) is 11.4. The number of hydrogen-bond donors (Lipinski definition) is 0. The molecule has 0 saturated heterocycles. The van der Waals surface area contributed by atoms with Crippen LogP contribution in [0.4, 0.5) is 26.3 Å². The minimum atomic E-state index is -6.46. The van der Waals surface area contributed by atoms with Crippen molar-refractivity contribution in [3.8, 4) is 0 Å². The SMILES string of the molecule is C=CC(=O)COCC(=O)OC(CS(=O)(=O)[O-])(C(F)(F)F)C(F)(F)F. The Labute approximate surface area is 131 Å². The van der Waals surface area contributed by atoms with Crippen LogP contribution < -0.4 is 0 Å². The van der Waals surface area contributed by atoms with Crippen LogP contribution in [-0.2, 0) is 29.2 Å². The lowest BCUT2D eigenvalue weighted by molar-refractivity contribution is -0.361. The Morgan fingerprint density at radius 3 is 1.83 bits per heavy atom. The largest absolute Gasteiger partial charge is 0.748 e. The zero-order valence-corrected chi connectivity index (χ0v) is 12.3. The number of ether oxygens (including phenoxy) is 2. The number of esters is 1. The summed E-state index contributed by atoms with van der Waals surface area (Å²) in [6.07, 6.45) is -12.2. The summed E-state index contributed by atoms with van der Waals surface area (Å²) in [5.74, 6) is -6.24. The molecule has 0 aliphatic carbocycles. The maximum absolute atomic E-state index is 12.8. The maximum Gasteiger partial charge on any atom is 0.438 e. The molecule has 0 spiro atoms. The van der Waals surface area contributed by atoms with Crippen molar-refractivity contribution < 1.29 is 58.4 Å².